The minimum absolute atomic E-state index is 0.690. The van der Waals surface area contributed by atoms with Crippen LogP contribution in [0.25, 0.3) is 10.9 Å². The molecule has 0 bridgehead atoms. The predicted octanol–water partition coefficient (Wildman–Crippen LogP) is 3.07. The predicted molar refractivity (Wildman–Crippen MR) is 131 cm³/mol. The number of piperazine rings is 1. The van der Waals surface area contributed by atoms with Gasteiger partial charge >= 0.3 is 0 Å². The van der Waals surface area contributed by atoms with Crippen molar-refractivity contribution in [2.45, 2.75) is 26.2 Å². The second-order valence-corrected chi connectivity index (χ2v) is 9.01. The maximum absolute atomic E-state index is 5.49. The molecule has 4 rings (SSSR count). The summed E-state index contributed by atoms with van der Waals surface area (Å²) in [5.74, 6) is 1.09. The van der Waals surface area contributed by atoms with Crippen molar-refractivity contribution < 1.29 is 0 Å². The average molecular weight is 427 g/mol. The highest BCUT2D eigenvalue weighted by Gasteiger charge is 2.16. The number of aromatic nitrogens is 1. The van der Waals surface area contributed by atoms with Gasteiger partial charge in [-0.3, -0.25) is 0 Å². The topological polar surface area (TPSA) is 46.7 Å². The second-order valence-electron chi connectivity index (χ2n) is 8.60. The SMILES string of the molecule is Cc1cc(N2CCN(C)CC2)nc2ccc(NC(=S)NCCCN3CCCC3)cc12. The average Bonchev–Trinajstić information content (AvgIpc) is 3.26. The molecule has 0 unspecified atom stereocenters. The number of aryl methyl sites for hydroxylation is 1. The first kappa shape index (κ1) is 21.3. The Morgan fingerprint density at radius 1 is 1.07 bits per heavy atom. The van der Waals surface area contributed by atoms with Crippen molar-refractivity contribution in [2.75, 3.05) is 69.6 Å². The number of nitrogens with zero attached hydrogens (tertiary/aromatic N) is 4. The molecule has 30 heavy (non-hydrogen) atoms. The van der Waals surface area contributed by atoms with Gasteiger partial charge in [0.2, 0.25) is 0 Å². The van der Waals surface area contributed by atoms with Crippen LogP contribution in [-0.2, 0) is 0 Å². The van der Waals surface area contributed by atoms with Crippen LogP contribution in [0, 0.1) is 6.92 Å². The number of anilines is 2. The number of fused-ring (bicyclic) bond motifs is 1. The van der Waals surface area contributed by atoms with Gasteiger partial charge < -0.3 is 25.3 Å². The van der Waals surface area contributed by atoms with Gasteiger partial charge in [0.15, 0.2) is 5.11 Å². The summed E-state index contributed by atoms with van der Waals surface area (Å²) >= 11 is 5.49. The number of likely N-dealkylation sites (tertiary alicyclic amines) is 1. The van der Waals surface area contributed by atoms with E-state index in [9.17, 15) is 0 Å². The monoisotopic (exact) mass is 426 g/mol. The first-order chi connectivity index (χ1) is 14.6. The molecule has 1 aromatic carbocycles. The molecule has 2 aromatic rings. The summed E-state index contributed by atoms with van der Waals surface area (Å²) in [5.41, 5.74) is 3.30. The fourth-order valence-corrected chi connectivity index (χ4v) is 4.56. The Balaban J connectivity index is 1.34. The molecule has 0 atom stereocenters. The summed E-state index contributed by atoms with van der Waals surface area (Å²) in [6.45, 7) is 11.0. The van der Waals surface area contributed by atoms with E-state index in [-0.39, 0.29) is 0 Å². The highest BCUT2D eigenvalue weighted by atomic mass is 32.1. The summed E-state index contributed by atoms with van der Waals surface area (Å²) in [7, 11) is 2.18. The van der Waals surface area contributed by atoms with Gasteiger partial charge in [0.25, 0.3) is 0 Å². The van der Waals surface area contributed by atoms with Crippen LogP contribution in [-0.4, -0.2) is 79.3 Å². The van der Waals surface area contributed by atoms with Gasteiger partial charge in [-0.1, -0.05) is 0 Å². The number of nitrogens with one attached hydrogen (secondary N) is 2. The smallest absolute Gasteiger partial charge is 0.170 e. The molecule has 2 fully saturated rings. The number of hydrogen-bond donors (Lipinski definition) is 2. The van der Waals surface area contributed by atoms with Crippen LogP contribution in [0.4, 0.5) is 11.5 Å². The van der Waals surface area contributed by atoms with Crippen LogP contribution in [0.3, 0.4) is 0 Å². The highest BCUT2D eigenvalue weighted by molar-refractivity contribution is 7.80. The summed E-state index contributed by atoms with van der Waals surface area (Å²) in [6.07, 6.45) is 3.82. The Morgan fingerprint density at radius 2 is 1.83 bits per heavy atom. The fraction of sp³-hybridized carbons (Fsp3) is 0.565. The van der Waals surface area contributed by atoms with E-state index in [2.05, 4.69) is 63.6 Å². The van der Waals surface area contributed by atoms with E-state index in [1.54, 1.807) is 0 Å². The van der Waals surface area contributed by atoms with Gasteiger partial charge in [-0.25, -0.2) is 4.98 Å². The molecule has 0 saturated carbocycles. The van der Waals surface area contributed by atoms with Crippen molar-refractivity contribution in [1.29, 1.82) is 0 Å². The van der Waals surface area contributed by atoms with Crippen LogP contribution < -0.4 is 15.5 Å². The van der Waals surface area contributed by atoms with Gasteiger partial charge in [-0.05, 0) is 94.9 Å². The molecule has 3 heterocycles. The molecule has 7 heteroatoms. The van der Waals surface area contributed by atoms with Gasteiger partial charge in [-0.15, -0.1) is 0 Å². The molecule has 0 aliphatic carbocycles. The number of rotatable bonds is 6. The van der Waals surface area contributed by atoms with Crippen LogP contribution in [0.5, 0.6) is 0 Å². The van der Waals surface area contributed by atoms with Crippen LogP contribution in [0.15, 0.2) is 24.3 Å². The molecule has 2 aliphatic rings. The Kier molecular flexibility index (Phi) is 7.02. The Labute approximate surface area is 185 Å². The molecule has 2 N–H and O–H groups in total. The zero-order valence-electron chi connectivity index (χ0n) is 18.3. The Bertz CT molecular complexity index is 871. The van der Waals surface area contributed by atoms with Crippen molar-refractivity contribution in [3.63, 3.8) is 0 Å². The number of pyridine rings is 1. The molecule has 0 amide bonds. The Hall–Kier alpha value is -1.96. The molecule has 0 radical (unpaired) electrons. The van der Waals surface area contributed by atoms with Gasteiger partial charge in [0.1, 0.15) is 5.82 Å². The molecule has 162 valence electrons. The normalized spacial score (nSPS) is 18.1. The maximum atomic E-state index is 5.49. The number of likely N-dealkylation sites (N-methyl/N-ethyl adjacent to an activating group) is 1. The Morgan fingerprint density at radius 3 is 2.60 bits per heavy atom. The van der Waals surface area contributed by atoms with Crippen molar-refractivity contribution in [2.24, 2.45) is 0 Å². The zero-order chi connectivity index (χ0) is 20.9. The van der Waals surface area contributed by atoms with Gasteiger partial charge in [-0.2, -0.15) is 0 Å². The lowest BCUT2D eigenvalue weighted by Gasteiger charge is -2.33. The van der Waals surface area contributed by atoms with Crippen molar-refractivity contribution in [1.82, 2.24) is 20.1 Å². The minimum atomic E-state index is 0.690. The maximum Gasteiger partial charge on any atom is 0.170 e. The molecule has 0 spiro atoms. The first-order valence-corrected chi connectivity index (χ1v) is 11.6. The lowest BCUT2D eigenvalue weighted by molar-refractivity contribution is 0.312. The van der Waals surface area contributed by atoms with Crippen LogP contribution in [0.2, 0.25) is 0 Å². The van der Waals surface area contributed by atoms with E-state index in [4.69, 9.17) is 17.2 Å². The molecule has 1 aromatic heterocycles. The van der Waals surface area contributed by atoms with E-state index in [1.165, 1.54) is 36.9 Å². The van der Waals surface area contributed by atoms with Crippen molar-refractivity contribution >= 4 is 39.7 Å². The minimum Gasteiger partial charge on any atom is -0.362 e. The summed E-state index contributed by atoms with van der Waals surface area (Å²) in [6, 6.07) is 8.54. The fourth-order valence-electron chi connectivity index (χ4n) is 4.34. The lowest BCUT2D eigenvalue weighted by atomic mass is 10.1. The number of benzene rings is 1. The highest BCUT2D eigenvalue weighted by Crippen LogP contribution is 2.26. The third-order valence-corrected chi connectivity index (χ3v) is 6.47. The molecule has 2 saturated heterocycles. The lowest BCUT2D eigenvalue weighted by Crippen LogP contribution is -2.44. The van der Waals surface area contributed by atoms with E-state index >= 15 is 0 Å². The summed E-state index contributed by atoms with van der Waals surface area (Å²) in [5, 5.41) is 8.54. The van der Waals surface area contributed by atoms with E-state index in [0.29, 0.717) is 5.11 Å². The van der Waals surface area contributed by atoms with Crippen LogP contribution >= 0.6 is 12.2 Å². The van der Waals surface area contributed by atoms with Crippen molar-refractivity contribution in [3.05, 3.63) is 29.8 Å². The zero-order valence-corrected chi connectivity index (χ0v) is 19.1. The summed E-state index contributed by atoms with van der Waals surface area (Å²) in [4.78, 5) is 12.2. The third kappa shape index (κ3) is 5.39. The van der Waals surface area contributed by atoms with Gasteiger partial charge in [0, 0.05) is 43.8 Å². The molecule has 6 nitrogen and oxygen atoms in total. The van der Waals surface area contributed by atoms with E-state index in [0.717, 1.165) is 62.7 Å². The second kappa shape index (κ2) is 9.90. The van der Waals surface area contributed by atoms with Crippen LogP contribution in [0.1, 0.15) is 24.8 Å². The molecule has 2 aliphatic heterocycles. The molecular formula is C23H34N6S. The molecular weight excluding hydrogens is 392 g/mol. The largest absolute Gasteiger partial charge is 0.362 e. The summed E-state index contributed by atoms with van der Waals surface area (Å²) < 4.78 is 0. The first-order valence-electron chi connectivity index (χ1n) is 11.2. The van der Waals surface area contributed by atoms with Gasteiger partial charge in [0.05, 0.1) is 5.52 Å². The van der Waals surface area contributed by atoms with Crippen molar-refractivity contribution in [3.8, 4) is 0 Å². The van der Waals surface area contributed by atoms with E-state index in [1.807, 2.05) is 0 Å². The van der Waals surface area contributed by atoms with E-state index < -0.39 is 0 Å². The standard InChI is InChI=1S/C23H34N6S/c1-18-16-22(29-14-12-27(2)13-15-29)26-21-7-6-19(17-20(18)21)25-23(30)24-8-5-11-28-9-3-4-10-28/h6-7,16-17H,3-5,8-15H2,1-2H3,(H2,24,25,30). The third-order valence-electron chi connectivity index (χ3n) is 6.22. The number of hydrogen-bond acceptors (Lipinski definition) is 5. The number of thiocarbonyl (C=S) groups is 1. The quantitative estimate of drug-likeness (QED) is 0.544.